The van der Waals surface area contributed by atoms with Gasteiger partial charge in [0.2, 0.25) is 47.3 Å². The van der Waals surface area contributed by atoms with Crippen LogP contribution in [0.1, 0.15) is 73.8 Å². The van der Waals surface area contributed by atoms with Gasteiger partial charge >= 0.3 is 5.97 Å². The summed E-state index contributed by atoms with van der Waals surface area (Å²) in [5, 5.41) is 70.1. The van der Waals surface area contributed by atoms with Crippen LogP contribution in [0.4, 0.5) is 0 Å². The van der Waals surface area contributed by atoms with E-state index in [-0.39, 0.29) is 100 Å². The number of aliphatic imine (C=N–C) groups is 1. The number of hydrogen-bond donors (Lipinski definition) is 16. The van der Waals surface area contributed by atoms with Crippen LogP contribution in [0.15, 0.2) is 139 Å². The van der Waals surface area contributed by atoms with Gasteiger partial charge in [-0.3, -0.25) is 43.3 Å². The van der Waals surface area contributed by atoms with Crippen molar-refractivity contribution in [1.82, 2.24) is 47.1 Å². The van der Waals surface area contributed by atoms with E-state index in [2.05, 4.69) is 47.2 Å². The summed E-state index contributed by atoms with van der Waals surface area (Å²) in [5.74, 6) is -8.66. The predicted octanol–water partition coefficient (Wildman–Crippen LogP) is 0.687. The first-order chi connectivity index (χ1) is 44.9. The van der Waals surface area contributed by atoms with Crippen LogP contribution in [-0.4, -0.2) is 169 Å². The van der Waals surface area contributed by atoms with Crippen molar-refractivity contribution in [3.8, 4) is 17.2 Å². The van der Waals surface area contributed by atoms with Crippen LogP contribution < -0.4 is 54.4 Å². The van der Waals surface area contributed by atoms with Gasteiger partial charge in [0, 0.05) is 62.3 Å². The average Bonchev–Trinajstić information content (AvgIpc) is 1.62. The number of H-pyrrole nitrogens is 1. The van der Waals surface area contributed by atoms with Gasteiger partial charge < -0.3 is 89.8 Å². The molecule has 27 heteroatoms. The van der Waals surface area contributed by atoms with Crippen LogP contribution in [0.25, 0.3) is 10.9 Å². The quantitative estimate of drug-likeness (QED) is 0.0153. The van der Waals surface area contributed by atoms with Crippen molar-refractivity contribution in [1.29, 1.82) is 0 Å². The molecule has 0 aliphatic carbocycles. The van der Waals surface area contributed by atoms with Gasteiger partial charge in [0.05, 0.1) is 6.61 Å². The number of para-hydroxylation sites is 1. The molecule has 2 heterocycles. The van der Waals surface area contributed by atoms with Crippen molar-refractivity contribution in [2.24, 2.45) is 28.1 Å². The van der Waals surface area contributed by atoms with E-state index in [1.165, 1.54) is 77.7 Å². The summed E-state index contributed by atoms with van der Waals surface area (Å²) >= 11 is 0. The van der Waals surface area contributed by atoms with E-state index in [1.54, 1.807) is 68.6 Å². The number of amides is 8. The number of benzene rings is 5. The molecule has 5 aromatic carbocycles. The molecule has 8 amide bonds. The van der Waals surface area contributed by atoms with E-state index >= 15 is 14.4 Å². The zero-order valence-electron chi connectivity index (χ0n) is 52.2. The Labute approximate surface area is 542 Å². The normalized spacial score (nSPS) is 15.4. The summed E-state index contributed by atoms with van der Waals surface area (Å²) in [6.07, 6.45) is 1.36. The van der Waals surface area contributed by atoms with Gasteiger partial charge in [0.25, 0.3) is 0 Å². The maximum absolute atomic E-state index is 15.3. The highest BCUT2D eigenvalue weighted by molar-refractivity contribution is 5.99. The second-order valence-electron chi connectivity index (χ2n) is 23.7. The predicted molar refractivity (Wildman–Crippen MR) is 348 cm³/mol. The van der Waals surface area contributed by atoms with Crippen molar-refractivity contribution < 1.29 is 68.7 Å². The number of phenolic OH excluding ortho intramolecular Hbond substituents is 3. The van der Waals surface area contributed by atoms with Crippen molar-refractivity contribution in [2.75, 3.05) is 19.7 Å². The van der Waals surface area contributed by atoms with Gasteiger partial charge in [-0.05, 0) is 108 Å². The molecule has 19 N–H and O–H groups in total. The number of nitrogens with one attached hydrogen (secondary N) is 8. The highest BCUT2D eigenvalue weighted by Crippen LogP contribution is 2.23. The monoisotopic (exact) mass is 1290 g/mol. The fourth-order valence-electron chi connectivity index (χ4n) is 11.0. The number of aromatic hydroxyl groups is 3. The molecule has 6 aromatic rings. The molecule has 0 bridgehead atoms. The van der Waals surface area contributed by atoms with Crippen LogP contribution in [0.5, 0.6) is 17.2 Å². The molecule has 0 saturated carbocycles. The van der Waals surface area contributed by atoms with Crippen LogP contribution in [0.3, 0.4) is 0 Å². The third-order valence-electron chi connectivity index (χ3n) is 15.9. The summed E-state index contributed by atoms with van der Waals surface area (Å²) in [5.41, 5.74) is 20.2. The second kappa shape index (κ2) is 34.2. The number of aromatic amines is 1. The Hall–Kier alpha value is -10.5. The second-order valence-corrected chi connectivity index (χ2v) is 23.7. The molecule has 1 fully saturated rings. The number of fused-ring (bicyclic) bond motifs is 1. The first-order valence-corrected chi connectivity index (χ1v) is 30.9. The van der Waals surface area contributed by atoms with Crippen molar-refractivity contribution in [3.05, 3.63) is 161 Å². The Morgan fingerprint density at radius 3 is 1.40 bits per heavy atom. The number of hydrogen-bond acceptors (Lipinski definition) is 15. The van der Waals surface area contributed by atoms with E-state index in [1.807, 2.05) is 6.07 Å². The Morgan fingerprint density at radius 2 is 0.968 bits per heavy atom. The molecule has 1 aromatic heterocycles. The van der Waals surface area contributed by atoms with Gasteiger partial charge in [0.15, 0.2) is 5.96 Å². The molecular weight excluding hydrogens is 1210 g/mol. The van der Waals surface area contributed by atoms with E-state index in [0.717, 1.165) is 0 Å². The maximum atomic E-state index is 15.3. The summed E-state index contributed by atoms with van der Waals surface area (Å²) in [6.45, 7) is 3.09. The van der Waals surface area contributed by atoms with Gasteiger partial charge in [-0.15, -0.1) is 0 Å². The Morgan fingerprint density at radius 1 is 0.553 bits per heavy atom. The molecule has 94 heavy (non-hydrogen) atoms. The minimum absolute atomic E-state index is 0.0424. The van der Waals surface area contributed by atoms with E-state index in [4.69, 9.17) is 17.2 Å². The zero-order chi connectivity index (χ0) is 68.0. The fraction of sp³-hybridized carbons (Fsp3) is 0.373. The molecule has 0 unspecified atom stereocenters. The van der Waals surface area contributed by atoms with Crippen molar-refractivity contribution in [3.63, 3.8) is 0 Å². The highest BCUT2D eigenvalue weighted by Gasteiger charge is 2.39. The van der Waals surface area contributed by atoms with Crippen molar-refractivity contribution in [2.45, 2.75) is 132 Å². The summed E-state index contributed by atoms with van der Waals surface area (Å²) in [6, 6.07) is 20.4. The number of nitrogens with two attached hydrogens (primary N) is 3. The molecule has 27 nitrogen and oxygen atoms in total. The maximum Gasteiger partial charge on any atom is 0.326 e. The third kappa shape index (κ3) is 21.0. The van der Waals surface area contributed by atoms with Gasteiger partial charge in [0.1, 0.15) is 71.6 Å². The molecule has 500 valence electrons. The topological polar surface area (TPSA) is 448 Å². The first-order valence-electron chi connectivity index (χ1n) is 30.9. The summed E-state index contributed by atoms with van der Waals surface area (Å²) in [7, 11) is 0. The Balaban J connectivity index is 1.22. The largest absolute Gasteiger partial charge is 0.508 e. The lowest BCUT2D eigenvalue weighted by Crippen LogP contribution is -2.61. The number of aromatic nitrogens is 1. The molecule has 1 saturated heterocycles. The number of aliphatic hydroxyl groups excluding tert-OH is 1. The van der Waals surface area contributed by atoms with Gasteiger partial charge in [-0.25, -0.2) is 4.79 Å². The van der Waals surface area contributed by atoms with Crippen molar-refractivity contribution >= 4 is 70.1 Å². The summed E-state index contributed by atoms with van der Waals surface area (Å²) in [4.78, 5) is 138. The number of carbonyl (C=O) groups excluding carboxylic acids is 8. The number of carboxylic acids is 1. The average molecular weight is 1290 g/mol. The van der Waals surface area contributed by atoms with E-state index in [0.29, 0.717) is 45.1 Å². The third-order valence-corrected chi connectivity index (χ3v) is 15.9. The van der Waals surface area contributed by atoms with Crippen LogP contribution in [0, 0.1) is 5.92 Å². The zero-order valence-corrected chi connectivity index (χ0v) is 52.2. The number of phenols is 3. The van der Waals surface area contributed by atoms with Crippen LogP contribution >= 0.6 is 0 Å². The number of carboxylic acid groups (broad SMARTS) is 1. The smallest absolute Gasteiger partial charge is 0.326 e. The molecule has 0 radical (unpaired) electrons. The standard InChI is InChI=1S/C67H83N13O14/c1-38(2)30-56(66(93)94)79-62(89)54(34-42-20-26-46(84)27-21-42)76-60(87)52(32-40-16-22-44(82)23-17-40)75-59(86)51(31-39-10-4-3-5-11-39)74-61(88)53(33-41-18-24-45(83)25-19-41)77-63(90)55(35-43-36-72-49-13-7-6-12-47(43)49)78-58(85)50(14-8-28-71-67(69)70)73-64(91)57-15-9-29-80(57)65(92)48(68)37-81/h3-7,10-13,16-27,36,38,48,50-57,72,81-84H,8-9,14-15,28-35,37,68H2,1-2H3,(H,73,91)(H,74,88)(H,75,86)(H,76,87)(H,77,90)(H,78,85)(H,79,89)(H,93,94)(H4,69,70,71)/t48-,50-,51-,52-,53-,54-,55-,56-,57-/m0/s1. The lowest BCUT2D eigenvalue weighted by atomic mass is 9.99. The molecule has 9 atom stereocenters. The number of aliphatic carboxylic acids is 1. The fourth-order valence-corrected chi connectivity index (χ4v) is 11.0. The van der Waals surface area contributed by atoms with Gasteiger partial charge in [-0.1, -0.05) is 98.8 Å². The highest BCUT2D eigenvalue weighted by atomic mass is 16.4. The lowest BCUT2D eigenvalue weighted by molar-refractivity contribution is -0.142. The van der Waals surface area contributed by atoms with E-state index < -0.39 is 114 Å². The number of guanidine groups is 1. The number of rotatable bonds is 33. The number of aliphatic hydroxyl groups is 1. The molecule has 0 spiro atoms. The number of likely N-dealkylation sites (tertiary alicyclic amines) is 1. The Bertz CT molecular complexity index is 3600. The molecule has 1 aliphatic rings. The van der Waals surface area contributed by atoms with Crippen LogP contribution in [0.2, 0.25) is 0 Å². The molecule has 1 aliphatic heterocycles. The summed E-state index contributed by atoms with van der Waals surface area (Å²) < 4.78 is 0. The van der Waals surface area contributed by atoms with E-state index in [9.17, 15) is 54.3 Å². The molecular formula is C67H83N13O14. The SMILES string of the molecule is CC(C)C[C@H](NC(=O)[C@H](Cc1ccc(O)cc1)NC(=O)[C@H](Cc1ccc(O)cc1)NC(=O)[C@H](Cc1ccccc1)NC(=O)[C@H](Cc1ccc(O)cc1)NC(=O)[C@H](Cc1c[nH]c2ccccc12)NC(=O)[C@H](CCCN=C(N)N)NC(=O)[C@@H]1CCCN1C(=O)[C@@H](N)CO)C(=O)O. The number of nitrogens with zero attached hydrogens (tertiary/aromatic N) is 2. The lowest BCUT2D eigenvalue weighted by Gasteiger charge is -2.29. The first kappa shape index (κ1) is 70.9. The van der Waals surface area contributed by atoms with Crippen LogP contribution in [-0.2, 0) is 75.3 Å². The van der Waals surface area contributed by atoms with Gasteiger partial charge in [-0.2, -0.15) is 0 Å². The minimum Gasteiger partial charge on any atom is -0.508 e. The molecule has 7 rings (SSSR count). The minimum atomic E-state index is -1.56. The Kier molecular flexibility index (Phi) is 25.8. The number of carbonyl (C=O) groups is 9.